The highest BCUT2D eigenvalue weighted by atomic mass is 14.4. The van der Waals surface area contributed by atoms with Crippen LogP contribution >= 0.6 is 0 Å². The molecular weight excluding hydrogens is 120 g/mol. The van der Waals surface area contributed by atoms with E-state index in [9.17, 15) is 0 Å². The van der Waals surface area contributed by atoms with Gasteiger partial charge in [0, 0.05) is 0 Å². The molecule has 2 aliphatic carbocycles. The van der Waals surface area contributed by atoms with E-state index >= 15 is 0 Å². The van der Waals surface area contributed by atoms with Crippen LogP contribution in [0, 0.1) is 11.3 Å². The summed E-state index contributed by atoms with van der Waals surface area (Å²) < 4.78 is 0. The summed E-state index contributed by atoms with van der Waals surface area (Å²) in [7, 11) is 0. The van der Waals surface area contributed by atoms with Gasteiger partial charge in [0.15, 0.2) is 0 Å². The Morgan fingerprint density at radius 2 is 2.30 bits per heavy atom. The lowest BCUT2D eigenvalue weighted by Gasteiger charge is -2.27. The van der Waals surface area contributed by atoms with Crippen LogP contribution in [0.2, 0.25) is 0 Å². The number of allylic oxidation sites excluding steroid dienone is 4. The predicted octanol–water partition coefficient (Wildman–Crippen LogP) is 2.92. The van der Waals surface area contributed by atoms with Gasteiger partial charge in [0.1, 0.15) is 0 Å². The third-order valence-corrected chi connectivity index (χ3v) is 3.01. The van der Waals surface area contributed by atoms with Crippen molar-refractivity contribution in [2.24, 2.45) is 11.3 Å². The molecule has 0 N–H and O–H groups in total. The second-order valence-electron chi connectivity index (χ2n) is 3.75. The first kappa shape index (κ1) is 6.21. The predicted molar refractivity (Wildman–Crippen MR) is 43.7 cm³/mol. The Hall–Kier alpha value is -0.520. The molecule has 0 amide bonds. The molecule has 0 aromatic heterocycles. The van der Waals surface area contributed by atoms with Gasteiger partial charge in [-0.25, -0.2) is 0 Å². The maximum atomic E-state index is 2.38. The van der Waals surface area contributed by atoms with E-state index in [2.05, 4.69) is 31.2 Å². The lowest BCUT2D eigenvalue weighted by molar-refractivity contribution is 0.360. The van der Waals surface area contributed by atoms with Crippen LogP contribution < -0.4 is 0 Å². The second-order valence-corrected chi connectivity index (χ2v) is 3.75. The van der Waals surface area contributed by atoms with Crippen LogP contribution in [-0.2, 0) is 0 Å². The summed E-state index contributed by atoms with van der Waals surface area (Å²) in [6.45, 7) is 2.38. The monoisotopic (exact) mass is 134 g/mol. The van der Waals surface area contributed by atoms with Crippen molar-refractivity contribution in [3.8, 4) is 0 Å². The molecule has 2 unspecified atom stereocenters. The normalized spacial score (nSPS) is 43.9. The van der Waals surface area contributed by atoms with Gasteiger partial charge in [0.05, 0.1) is 0 Å². The fraction of sp³-hybridized carbons (Fsp3) is 0.600. The fourth-order valence-electron chi connectivity index (χ4n) is 2.21. The molecule has 0 heterocycles. The topological polar surface area (TPSA) is 0 Å². The Morgan fingerprint density at radius 3 is 3.10 bits per heavy atom. The molecule has 2 atom stereocenters. The molecule has 1 fully saturated rings. The van der Waals surface area contributed by atoms with Crippen molar-refractivity contribution in [3.63, 3.8) is 0 Å². The Kier molecular flexibility index (Phi) is 1.23. The zero-order chi connectivity index (χ0) is 7.03. The SMILES string of the molecule is CC12C=CC=CC1CCC2. The summed E-state index contributed by atoms with van der Waals surface area (Å²) in [5.41, 5.74) is 0.523. The van der Waals surface area contributed by atoms with E-state index < -0.39 is 0 Å². The van der Waals surface area contributed by atoms with Crippen LogP contribution in [0.15, 0.2) is 24.3 Å². The molecule has 2 rings (SSSR count). The van der Waals surface area contributed by atoms with Crippen LogP contribution in [0.1, 0.15) is 26.2 Å². The van der Waals surface area contributed by atoms with E-state index in [1.54, 1.807) is 0 Å². The van der Waals surface area contributed by atoms with Gasteiger partial charge in [-0.15, -0.1) is 0 Å². The standard InChI is InChI=1S/C10H14/c1-10-7-3-2-5-9(10)6-4-8-10/h2-3,5,7,9H,4,6,8H2,1H3. The average Bonchev–Trinajstić information content (AvgIpc) is 2.29. The van der Waals surface area contributed by atoms with E-state index in [0.29, 0.717) is 5.41 Å². The number of fused-ring (bicyclic) bond motifs is 1. The molecule has 0 radical (unpaired) electrons. The van der Waals surface area contributed by atoms with Gasteiger partial charge in [-0.2, -0.15) is 0 Å². The number of hydrogen-bond acceptors (Lipinski definition) is 0. The van der Waals surface area contributed by atoms with Gasteiger partial charge >= 0.3 is 0 Å². The Bertz CT molecular complexity index is 188. The maximum Gasteiger partial charge on any atom is -0.00806 e. The molecule has 54 valence electrons. The third kappa shape index (κ3) is 0.749. The molecule has 0 aromatic carbocycles. The largest absolute Gasteiger partial charge is 0.0806 e. The lowest BCUT2D eigenvalue weighted by atomic mass is 9.77. The van der Waals surface area contributed by atoms with Crippen LogP contribution in [0.5, 0.6) is 0 Å². The highest BCUT2D eigenvalue weighted by Crippen LogP contribution is 2.46. The minimum absolute atomic E-state index is 0.523. The minimum atomic E-state index is 0.523. The van der Waals surface area contributed by atoms with Crippen LogP contribution in [0.4, 0.5) is 0 Å². The van der Waals surface area contributed by atoms with E-state index in [-0.39, 0.29) is 0 Å². The average molecular weight is 134 g/mol. The molecule has 0 aliphatic heterocycles. The molecule has 10 heavy (non-hydrogen) atoms. The van der Waals surface area contributed by atoms with E-state index in [1.165, 1.54) is 19.3 Å². The molecular formula is C10H14. The van der Waals surface area contributed by atoms with Crippen molar-refractivity contribution in [1.82, 2.24) is 0 Å². The molecule has 0 nitrogen and oxygen atoms in total. The summed E-state index contributed by atoms with van der Waals surface area (Å²) in [5.74, 6) is 0.845. The van der Waals surface area contributed by atoms with Crippen LogP contribution in [0.25, 0.3) is 0 Å². The fourth-order valence-corrected chi connectivity index (χ4v) is 2.21. The second kappa shape index (κ2) is 1.98. The highest BCUT2D eigenvalue weighted by Gasteiger charge is 2.35. The zero-order valence-electron chi connectivity index (χ0n) is 6.51. The summed E-state index contributed by atoms with van der Waals surface area (Å²) in [4.78, 5) is 0. The summed E-state index contributed by atoms with van der Waals surface area (Å²) in [5, 5.41) is 0. The van der Waals surface area contributed by atoms with E-state index in [1.807, 2.05) is 0 Å². The lowest BCUT2D eigenvalue weighted by Crippen LogP contribution is -2.18. The van der Waals surface area contributed by atoms with Gasteiger partial charge in [0.25, 0.3) is 0 Å². The Morgan fingerprint density at radius 1 is 1.40 bits per heavy atom. The Labute approximate surface area is 62.6 Å². The number of hydrogen-bond donors (Lipinski definition) is 0. The first-order valence-electron chi connectivity index (χ1n) is 4.17. The van der Waals surface area contributed by atoms with Gasteiger partial charge < -0.3 is 0 Å². The summed E-state index contributed by atoms with van der Waals surface area (Å²) in [6.07, 6.45) is 13.3. The van der Waals surface area contributed by atoms with Crippen molar-refractivity contribution < 1.29 is 0 Å². The molecule has 2 aliphatic rings. The molecule has 0 saturated heterocycles. The van der Waals surface area contributed by atoms with Gasteiger partial charge in [0.2, 0.25) is 0 Å². The number of rotatable bonds is 0. The van der Waals surface area contributed by atoms with Crippen LogP contribution in [-0.4, -0.2) is 0 Å². The van der Waals surface area contributed by atoms with Crippen molar-refractivity contribution in [3.05, 3.63) is 24.3 Å². The third-order valence-electron chi connectivity index (χ3n) is 3.01. The smallest absolute Gasteiger partial charge is 0.00806 e. The van der Waals surface area contributed by atoms with Crippen LogP contribution in [0.3, 0.4) is 0 Å². The minimum Gasteiger partial charge on any atom is -0.0806 e. The molecule has 0 heteroatoms. The van der Waals surface area contributed by atoms with Crippen molar-refractivity contribution in [2.75, 3.05) is 0 Å². The Balaban J connectivity index is 2.30. The van der Waals surface area contributed by atoms with Crippen molar-refractivity contribution in [1.29, 1.82) is 0 Å². The van der Waals surface area contributed by atoms with Crippen molar-refractivity contribution in [2.45, 2.75) is 26.2 Å². The van der Waals surface area contributed by atoms with Crippen molar-refractivity contribution >= 4 is 0 Å². The van der Waals surface area contributed by atoms with E-state index in [4.69, 9.17) is 0 Å². The molecule has 0 bridgehead atoms. The van der Waals surface area contributed by atoms with Gasteiger partial charge in [-0.1, -0.05) is 37.6 Å². The van der Waals surface area contributed by atoms with Gasteiger partial charge in [-0.05, 0) is 24.2 Å². The summed E-state index contributed by atoms with van der Waals surface area (Å²) in [6, 6.07) is 0. The maximum absolute atomic E-state index is 2.38. The molecule has 1 saturated carbocycles. The first-order valence-corrected chi connectivity index (χ1v) is 4.17. The quantitative estimate of drug-likeness (QED) is 0.478. The summed E-state index contributed by atoms with van der Waals surface area (Å²) >= 11 is 0. The molecule has 0 spiro atoms. The highest BCUT2D eigenvalue weighted by molar-refractivity contribution is 5.20. The first-order chi connectivity index (χ1) is 4.81. The van der Waals surface area contributed by atoms with Gasteiger partial charge in [-0.3, -0.25) is 0 Å². The van der Waals surface area contributed by atoms with E-state index in [0.717, 1.165) is 5.92 Å². The zero-order valence-corrected chi connectivity index (χ0v) is 6.51. The molecule has 0 aromatic rings.